The first-order valence-corrected chi connectivity index (χ1v) is 6.12. The average Bonchev–Trinajstić information content (AvgIpc) is 2.44. The zero-order valence-electron chi connectivity index (χ0n) is 11.1. The van der Waals surface area contributed by atoms with Gasteiger partial charge in [0, 0.05) is 6.20 Å². The van der Waals surface area contributed by atoms with Crippen LogP contribution in [0.1, 0.15) is 22.4 Å². The summed E-state index contributed by atoms with van der Waals surface area (Å²) in [4.78, 5) is 3.72. The van der Waals surface area contributed by atoms with Gasteiger partial charge in [0.25, 0.3) is 0 Å². The Morgan fingerprint density at radius 3 is 2.52 bits per heavy atom. The van der Waals surface area contributed by atoms with Gasteiger partial charge in [-0.1, -0.05) is 29.8 Å². The molecule has 106 valence electrons. The van der Waals surface area contributed by atoms with Gasteiger partial charge in [0.2, 0.25) is 0 Å². The van der Waals surface area contributed by atoms with Crippen LogP contribution in [0.3, 0.4) is 0 Å². The quantitative estimate of drug-likeness (QED) is 0.764. The summed E-state index contributed by atoms with van der Waals surface area (Å²) in [7, 11) is 0. The summed E-state index contributed by atoms with van der Waals surface area (Å²) >= 11 is 0. The highest BCUT2D eigenvalue weighted by atomic mass is 19.4. The maximum absolute atomic E-state index is 12.5. The minimum Gasteiger partial charge on any atom is -0.255 e. The molecule has 1 aromatic heterocycles. The molecule has 1 heterocycles. The van der Waals surface area contributed by atoms with Gasteiger partial charge < -0.3 is 0 Å². The number of nitrogens with zero attached hydrogens (tertiary/aromatic N) is 2. The number of aromatic nitrogens is 1. The number of hydrogen-bond donors (Lipinski definition) is 0. The third-order valence-electron chi connectivity index (χ3n) is 2.84. The van der Waals surface area contributed by atoms with Gasteiger partial charge in [-0.05, 0) is 30.7 Å². The first kappa shape index (κ1) is 14.8. The number of pyridine rings is 1. The summed E-state index contributed by atoms with van der Waals surface area (Å²) < 4.78 is 37.4. The molecule has 0 unspecified atom stereocenters. The second-order valence-corrected chi connectivity index (χ2v) is 4.51. The fraction of sp³-hybridized carbons (Fsp3) is 0.125. The van der Waals surface area contributed by atoms with E-state index in [1.807, 2.05) is 37.3 Å². The van der Waals surface area contributed by atoms with E-state index < -0.39 is 11.7 Å². The Balaban J connectivity index is 2.36. The third kappa shape index (κ3) is 3.69. The molecule has 0 N–H and O–H groups in total. The van der Waals surface area contributed by atoms with E-state index >= 15 is 0 Å². The number of nitriles is 1. The van der Waals surface area contributed by atoms with Crippen LogP contribution >= 0.6 is 0 Å². The number of allylic oxidation sites excluding steroid dienone is 1. The zero-order valence-corrected chi connectivity index (χ0v) is 11.1. The maximum Gasteiger partial charge on any atom is 0.417 e. The van der Waals surface area contributed by atoms with Crippen LogP contribution in [-0.4, -0.2) is 4.98 Å². The molecule has 5 heteroatoms. The molecular formula is C16H11F3N2. The van der Waals surface area contributed by atoms with Crippen LogP contribution in [0.2, 0.25) is 0 Å². The predicted octanol–water partition coefficient (Wildman–Crippen LogP) is 4.47. The molecular weight excluding hydrogens is 277 g/mol. The second-order valence-electron chi connectivity index (χ2n) is 4.51. The van der Waals surface area contributed by atoms with Gasteiger partial charge in [-0.3, -0.25) is 4.98 Å². The summed E-state index contributed by atoms with van der Waals surface area (Å²) in [5, 5.41) is 9.16. The monoisotopic (exact) mass is 288 g/mol. The van der Waals surface area contributed by atoms with Crippen LogP contribution in [0, 0.1) is 18.3 Å². The van der Waals surface area contributed by atoms with E-state index in [-0.39, 0.29) is 11.3 Å². The molecule has 0 radical (unpaired) electrons. The fourth-order valence-corrected chi connectivity index (χ4v) is 1.81. The lowest BCUT2D eigenvalue weighted by atomic mass is 10.1. The van der Waals surface area contributed by atoms with E-state index in [0.717, 1.165) is 23.4 Å². The van der Waals surface area contributed by atoms with E-state index in [0.29, 0.717) is 0 Å². The number of rotatable bonds is 2. The van der Waals surface area contributed by atoms with Crippen molar-refractivity contribution in [3.05, 3.63) is 65.0 Å². The van der Waals surface area contributed by atoms with Crippen molar-refractivity contribution < 1.29 is 13.2 Å². The molecule has 0 aliphatic heterocycles. The van der Waals surface area contributed by atoms with E-state index in [4.69, 9.17) is 5.26 Å². The van der Waals surface area contributed by atoms with Gasteiger partial charge in [-0.25, -0.2) is 0 Å². The van der Waals surface area contributed by atoms with Gasteiger partial charge >= 0.3 is 6.18 Å². The van der Waals surface area contributed by atoms with E-state index in [9.17, 15) is 13.2 Å². The minimum absolute atomic E-state index is 0.215. The van der Waals surface area contributed by atoms with Crippen molar-refractivity contribution in [1.82, 2.24) is 4.98 Å². The van der Waals surface area contributed by atoms with Crippen molar-refractivity contribution in [3.8, 4) is 6.07 Å². The van der Waals surface area contributed by atoms with Crippen molar-refractivity contribution in [2.75, 3.05) is 0 Å². The van der Waals surface area contributed by atoms with Crippen molar-refractivity contribution in [2.24, 2.45) is 0 Å². The Morgan fingerprint density at radius 1 is 1.24 bits per heavy atom. The molecule has 0 bridgehead atoms. The third-order valence-corrected chi connectivity index (χ3v) is 2.84. The van der Waals surface area contributed by atoms with E-state index in [1.165, 1.54) is 6.07 Å². The normalized spacial score (nSPS) is 12.0. The first-order valence-electron chi connectivity index (χ1n) is 6.12. The van der Waals surface area contributed by atoms with Gasteiger partial charge in [-0.15, -0.1) is 0 Å². The Kier molecular flexibility index (Phi) is 4.08. The highest BCUT2D eigenvalue weighted by Gasteiger charge is 2.30. The fourth-order valence-electron chi connectivity index (χ4n) is 1.81. The summed E-state index contributed by atoms with van der Waals surface area (Å²) in [6.45, 7) is 1.92. The summed E-state index contributed by atoms with van der Waals surface area (Å²) in [6.07, 6.45) is -2.10. The molecule has 0 atom stereocenters. The number of aryl methyl sites for hydroxylation is 1. The standard InChI is InChI=1S/C16H11F3N2/c1-11-3-2-4-12(7-11)8-13(9-20)15-6-5-14(10-21-15)16(17,18)19/h2-8,10H,1H3/b13-8-. The molecule has 0 aliphatic carbocycles. The molecule has 2 nitrogen and oxygen atoms in total. The minimum atomic E-state index is -4.43. The van der Waals surface area contributed by atoms with Crippen LogP contribution < -0.4 is 0 Å². The first-order chi connectivity index (χ1) is 9.90. The smallest absolute Gasteiger partial charge is 0.255 e. The highest BCUT2D eigenvalue weighted by Crippen LogP contribution is 2.29. The number of hydrogen-bond acceptors (Lipinski definition) is 2. The van der Waals surface area contributed by atoms with Gasteiger partial charge in [0.15, 0.2) is 0 Å². The van der Waals surface area contributed by atoms with E-state index in [2.05, 4.69) is 4.98 Å². The number of halogens is 3. The zero-order chi connectivity index (χ0) is 15.5. The lowest BCUT2D eigenvalue weighted by molar-refractivity contribution is -0.137. The molecule has 0 aliphatic rings. The molecule has 21 heavy (non-hydrogen) atoms. The van der Waals surface area contributed by atoms with Crippen molar-refractivity contribution in [1.29, 1.82) is 5.26 Å². The Hall–Kier alpha value is -2.61. The SMILES string of the molecule is Cc1cccc(/C=C(/C#N)c2ccc(C(F)(F)F)cn2)c1. The van der Waals surface area contributed by atoms with Crippen LogP contribution in [0.4, 0.5) is 13.2 Å². The molecule has 2 rings (SSSR count). The largest absolute Gasteiger partial charge is 0.417 e. The van der Waals surface area contributed by atoms with Crippen molar-refractivity contribution in [2.45, 2.75) is 13.1 Å². The van der Waals surface area contributed by atoms with Gasteiger partial charge in [-0.2, -0.15) is 18.4 Å². The Bertz CT molecular complexity index is 708. The second kappa shape index (κ2) is 5.80. The average molecular weight is 288 g/mol. The van der Waals surface area contributed by atoms with Crippen LogP contribution in [0.25, 0.3) is 11.6 Å². The molecule has 0 amide bonds. The van der Waals surface area contributed by atoms with Crippen LogP contribution in [0.5, 0.6) is 0 Å². The Morgan fingerprint density at radius 2 is 2.00 bits per heavy atom. The molecule has 0 fully saturated rings. The summed E-state index contributed by atoms with van der Waals surface area (Å²) in [5.41, 5.74) is 1.43. The lowest BCUT2D eigenvalue weighted by Gasteiger charge is -2.06. The molecule has 0 saturated carbocycles. The summed E-state index contributed by atoms with van der Waals surface area (Å²) in [5.74, 6) is 0. The lowest BCUT2D eigenvalue weighted by Crippen LogP contribution is -2.05. The van der Waals surface area contributed by atoms with Crippen molar-refractivity contribution in [3.63, 3.8) is 0 Å². The number of benzene rings is 1. The van der Waals surface area contributed by atoms with Crippen LogP contribution in [-0.2, 0) is 6.18 Å². The van der Waals surface area contributed by atoms with E-state index in [1.54, 1.807) is 6.08 Å². The number of alkyl halides is 3. The highest BCUT2D eigenvalue weighted by molar-refractivity contribution is 5.88. The predicted molar refractivity (Wildman–Crippen MR) is 73.9 cm³/mol. The molecule has 1 aromatic carbocycles. The van der Waals surface area contributed by atoms with Crippen LogP contribution in [0.15, 0.2) is 42.6 Å². The Labute approximate surface area is 120 Å². The molecule has 0 saturated heterocycles. The van der Waals surface area contributed by atoms with Gasteiger partial charge in [0.1, 0.15) is 6.07 Å². The molecule has 0 spiro atoms. The van der Waals surface area contributed by atoms with Crippen molar-refractivity contribution >= 4 is 11.6 Å². The summed E-state index contributed by atoms with van der Waals surface area (Å²) in [6, 6.07) is 11.5. The topological polar surface area (TPSA) is 36.7 Å². The maximum atomic E-state index is 12.5. The van der Waals surface area contributed by atoms with Gasteiger partial charge in [0.05, 0.1) is 16.8 Å². The molecule has 2 aromatic rings.